The van der Waals surface area contributed by atoms with Crippen LogP contribution in [0.1, 0.15) is 6.42 Å². The van der Waals surface area contributed by atoms with Crippen molar-refractivity contribution in [3.05, 3.63) is 10.1 Å². The molecule has 1 unspecified atom stereocenters. The van der Waals surface area contributed by atoms with E-state index in [0.29, 0.717) is 32.2 Å². The van der Waals surface area contributed by atoms with Crippen LogP contribution in [0, 0.1) is 16.0 Å². The third-order valence-corrected chi connectivity index (χ3v) is 4.89. The van der Waals surface area contributed by atoms with Crippen LogP contribution in [-0.4, -0.2) is 66.7 Å². The topological polar surface area (TPSA) is 88.3 Å². The minimum Gasteiger partial charge on any atom is -0.381 e. The molecular formula is C10H19N4O4P. The molecular weight excluding hydrogens is 271 g/mol. The van der Waals surface area contributed by atoms with E-state index < -0.39 is 12.3 Å². The maximum atomic E-state index is 12.2. The second kappa shape index (κ2) is 5.46. The fourth-order valence-corrected chi connectivity index (χ4v) is 3.60. The number of rotatable bonds is 4. The zero-order valence-corrected chi connectivity index (χ0v) is 12.1. The van der Waals surface area contributed by atoms with Crippen molar-refractivity contribution in [2.45, 2.75) is 6.42 Å². The van der Waals surface area contributed by atoms with Gasteiger partial charge in [-0.25, -0.2) is 10.1 Å². The summed E-state index contributed by atoms with van der Waals surface area (Å²) in [6.45, 7) is 6.43. The van der Waals surface area contributed by atoms with Gasteiger partial charge >= 0.3 is 0 Å². The Morgan fingerprint density at radius 2 is 2.26 bits per heavy atom. The highest BCUT2D eigenvalue weighted by Crippen LogP contribution is 2.43. The van der Waals surface area contributed by atoms with Crippen LogP contribution >= 0.6 is 7.29 Å². The molecule has 0 N–H and O–H groups in total. The Kier molecular flexibility index (Phi) is 4.10. The molecule has 2 aliphatic rings. The van der Waals surface area contributed by atoms with Crippen LogP contribution in [0.2, 0.25) is 0 Å². The maximum absolute atomic E-state index is 12.2. The van der Waals surface area contributed by atoms with Crippen molar-refractivity contribution in [3.8, 4) is 0 Å². The SMILES string of the molecule is CP(C)(=O)N1CCN(CC2CCOC2)C1=N[N+](=O)[O-]. The second-order valence-corrected chi connectivity index (χ2v) is 8.30. The van der Waals surface area contributed by atoms with Gasteiger partial charge in [0.15, 0.2) is 12.3 Å². The van der Waals surface area contributed by atoms with Crippen LogP contribution < -0.4 is 0 Å². The zero-order valence-electron chi connectivity index (χ0n) is 11.2. The molecule has 9 heteroatoms. The van der Waals surface area contributed by atoms with Gasteiger partial charge in [0.05, 0.1) is 6.61 Å². The highest BCUT2D eigenvalue weighted by molar-refractivity contribution is 7.60. The molecule has 0 aromatic carbocycles. The highest BCUT2D eigenvalue weighted by atomic mass is 31.2. The maximum Gasteiger partial charge on any atom is 0.279 e. The molecule has 2 aliphatic heterocycles. The fraction of sp³-hybridized carbons (Fsp3) is 0.900. The third kappa shape index (κ3) is 3.45. The summed E-state index contributed by atoms with van der Waals surface area (Å²) in [5, 5.41) is 13.4. The largest absolute Gasteiger partial charge is 0.381 e. The van der Waals surface area contributed by atoms with E-state index in [4.69, 9.17) is 4.74 Å². The van der Waals surface area contributed by atoms with Crippen molar-refractivity contribution < 1.29 is 14.3 Å². The molecule has 0 amide bonds. The van der Waals surface area contributed by atoms with E-state index in [1.165, 1.54) is 0 Å². The number of ether oxygens (including phenoxy) is 1. The summed E-state index contributed by atoms with van der Waals surface area (Å²) in [5.74, 6) is 0.593. The molecule has 1 atom stereocenters. The number of guanidine groups is 1. The van der Waals surface area contributed by atoms with Crippen LogP contribution in [0.15, 0.2) is 5.10 Å². The fourth-order valence-electron chi connectivity index (χ4n) is 2.43. The summed E-state index contributed by atoms with van der Waals surface area (Å²) < 4.78 is 19.0. The lowest BCUT2D eigenvalue weighted by Crippen LogP contribution is -2.36. The Balaban J connectivity index is 2.14. The molecule has 2 rings (SSSR count). The summed E-state index contributed by atoms with van der Waals surface area (Å²) in [7, 11) is -2.58. The number of hydrogen-bond donors (Lipinski definition) is 0. The van der Waals surface area contributed by atoms with Gasteiger partial charge in [0.2, 0.25) is 0 Å². The summed E-state index contributed by atoms with van der Waals surface area (Å²) >= 11 is 0. The molecule has 0 aromatic heterocycles. The molecule has 2 fully saturated rings. The summed E-state index contributed by atoms with van der Waals surface area (Å²) in [5.41, 5.74) is 0. The standard InChI is InChI=1S/C10H19N4O4P/c1-19(2,17)13-5-4-12(10(13)11-14(15)16)7-9-3-6-18-8-9/h9H,3-8H2,1-2H3. The Hall–Kier alpha value is -1.14. The minimum absolute atomic E-state index is 0.227. The second-order valence-electron chi connectivity index (χ2n) is 5.23. The van der Waals surface area contributed by atoms with Crippen LogP contribution in [0.4, 0.5) is 0 Å². The molecule has 19 heavy (non-hydrogen) atoms. The van der Waals surface area contributed by atoms with E-state index in [-0.39, 0.29) is 5.96 Å². The first-order chi connectivity index (χ1) is 8.88. The molecule has 0 spiro atoms. The summed E-state index contributed by atoms with van der Waals surface area (Å²) in [4.78, 5) is 12.5. The minimum atomic E-state index is -2.58. The van der Waals surface area contributed by atoms with Crippen molar-refractivity contribution in [1.82, 2.24) is 9.57 Å². The van der Waals surface area contributed by atoms with E-state index in [0.717, 1.165) is 13.0 Å². The van der Waals surface area contributed by atoms with Gasteiger partial charge in [-0.3, -0.25) is 4.67 Å². The van der Waals surface area contributed by atoms with Gasteiger partial charge in [-0.2, -0.15) is 0 Å². The van der Waals surface area contributed by atoms with Crippen molar-refractivity contribution in [2.75, 3.05) is 46.2 Å². The molecule has 0 saturated carbocycles. The van der Waals surface area contributed by atoms with E-state index in [9.17, 15) is 14.7 Å². The average molecular weight is 290 g/mol. The first-order valence-electron chi connectivity index (χ1n) is 6.26. The van der Waals surface area contributed by atoms with E-state index in [2.05, 4.69) is 5.10 Å². The molecule has 0 radical (unpaired) electrons. The Labute approximate surface area is 112 Å². The molecule has 8 nitrogen and oxygen atoms in total. The third-order valence-electron chi connectivity index (χ3n) is 3.35. The van der Waals surface area contributed by atoms with Crippen molar-refractivity contribution in [2.24, 2.45) is 11.0 Å². The van der Waals surface area contributed by atoms with E-state index >= 15 is 0 Å². The van der Waals surface area contributed by atoms with Gasteiger partial charge in [0.25, 0.3) is 5.96 Å². The molecule has 0 aromatic rings. The number of hydrogen-bond acceptors (Lipinski definition) is 4. The number of nitro groups is 1. The van der Waals surface area contributed by atoms with Gasteiger partial charge in [0, 0.05) is 45.5 Å². The monoisotopic (exact) mass is 290 g/mol. The Bertz CT molecular complexity index is 429. The first kappa shape index (κ1) is 14.3. The van der Waals surface area contributed by atoms with Crippen LogP contribution in [0.3, 0.4) is 0 Å². The van der Waals surface area contributed by atoms with E-state index in [1.54, 1.807) is 18.0 Å². The zero-order chi connectivity index (χ0) is 14.0. The van der Waals surface area contributed by atoms with Crippen LogP contribution in [-0.2, 0) is 9.30 Å². The average Bonchev–Trinajstić information content (AvgIpc) is 2.88. The van der Waals surface area contributed by atoms with Gasteiger partial charge in [0.1, 0.15) is 5.10 Å². The highest BCUT2D eigenvalue weighted by Gasteiger charge is 2.37. The normalized spacial score (nSPS) is 26.4. The van der Waals surface area contributed by atoms with Crippen molar-refractivity contribution in [3.63, 3.8) is 0 Å². The smallest absolute Gasteiger partial charge is 0.279 e. The summed E-state index contributed by atoms with van der Waals surface area (Å²) in [6.07, 6.45) is 0.957. The predicted molar refractivity (Wildman–Crippen MR) is 71.1 cm³/mol. The van der Waals surface area contributed by atoms with Gasteiger partial charge < -0.3 is 14.2 Å². The van der Waals surface area contributed by atoms with E-state index in [1.807, 2.05) is 4.90 Å². The summed E-state index contributed by atoms with van der Waals surface area (Å²) in [6, 6.07) is 0. The van der Waals surface area contributed by atoms with Gasteiger partial charge in [-0.05, 0) is 6.42 Å². The molecule has 2 saturated heterocycles. The molecule has 2 heterocycles. The first-order valence-corrected chi connectivity index (χ1v) is 8.82. The quantitative estimate of drug-likeness (QED) is 0.431. The Morgan fingerprint density at radius 3 is 2.79 bits per heavy atom. The molecule has 108 valence electrons. The molecule has 0 aliphatic carbocycles. The van der Waals surface area contributed by atoms with Crippen LogP contribution in [0.5, 0.6) is 0 Å². The molecule has 0 bridgehead atoms. The lowest BCUT2D eigenvalue weighted by Gasteiger charge is -2.25. The van der Waals surface area contributed by atoms with Crippen molar-refractivity contribution in [1.29, 1.82) is 0 Å². The van der Waals surface area contributed by atoms with Crippen molar-refractivity contribution >= 4 is 13.3 Å². The van der Waals surface area contributed by atoms with Gasteiger partial charge in [-0.15, -0.1) is 0 Å². The lowest BCUT2D eigenvalue weighted by atomic mass is 10.1. The number of nitrogens with zero attached hydrogens (tertiary/aromatic N) is 4. The van der Waals surface area contributed by atoms with Gasteiger partial charge in [-0.1, -0.05) is 0 Å². The van der Waals surface area contributed by atoms with Crippen LogP contribution in [0.25, 0.3) is 0 Å². The Morgan fingerprint density at radius 1 is 1.53 bits per heavy atom. The number of hydrazone groups is 1. The lowest BCUT2D eigenvalue weighted by molar-refractivity contribution is -0.486. The predicted octanol–water partition coefficient (Wildman–Crippen LogP) is 0.726.